The first-order chi connectivity index (χ1) is 9.32. The minimum atomic E-state index is -3.24. The smallest absolute Gasteiger partial charge is 0.211 e. The van der Waals surface area contributed by atoms with Gasteiger partial charge >= 0.3 is 0 Å². The van der Waals surface area contributed by atoms with Crippen molar-refractivity contribution in [1.82, 2.24) is 15.2 Å². The van der Waals surface area contributed by atoms with Crippen molar-refractivity contribution in [3.05, 3.63) is 17.0 Å². The highest BCUT2D eigenvalue weighted by molar-refractivity contribution is 7.89. The van der Waals surface area contributed by atoms with Crippen LogP contribution in [-0.2, 0) is 16.6 Å². The Morgan fingerprint density at radius 1 is 1.25 bits per heavy atom. The molecule has 0 unspecified atom stereocenters. The highest BCUT2D eigenvalue weighted by atomic mass is 32.2. The van der Waals surface area contributed by atoms with Gasteiger partial charge in [0, 0.05) is 18.2 Å². The zero-order chi connectivity index (χ0) is 15.2. The molecule has 1 aromatic rings. The number of sulfonamides is 1. The topological polar surface area (TPSA) is 84.2 Å². The molecule has 0 radical (unpaired) electrons. The maximum Gasteiger partial charge on any atom is 0.211 e. The summed E-state index contributed by atoms with van der Waals surface area (Å²) in [5.74, 6) is 0.808. The van der Waals surface area contributed by atoms with E-state index in [0.29, 0.717) is 18.2 Å². The third kappa shape index (κ3) is 6.02. The Balaban J connectivity index is 2.32. The molecule has 2 N–H and O–H groups in total. The predicted octanol–water partition coefficient (Wildman–Crippen LogP) is 1.49. The number of aromatic nitrogens is 1. The van der Waals surface area contributed by atoms with Crippen LogP contribution < -0.4 is 10.0 Å². The molecule has 1 aromatic heterocycles. The van der Waals surface area contributed by atoms with Crippen LogP contribution >= 0.6 is 0 Å². The summed E-state index contributed by atoms with van der Waals surface area (Å²) >= 11 is 0. The molecule has 0 aliphatic heterocycles. The van der Waals surface area contributed by atoms with Crippen LogP contribution in [0, 0.1) is 13.8 Å². The van der Waals surface area contributed by atoms with Gasteiger partial charge in [0.1, 0.15) is 5.76 Å². The maximum atomic E-state index is 11.9. The monoisotopic (exact) mass is 303 g/mol. The first kappa shape index (κ1) is 17.1. The van der Waals surface area contributed by atoms with E-state index >= 15 is 0 Å². The van der Waals surface area contributed by atoms with Crippen LogP contribution in [0.25, 0.3) is 0 Å². The van der Waals surface area contributed by atoms with Crippen LogP contribution in [-0.4, -0.2) is 31.9 Å². The van der Waals surface area contributed by atoms with Crippen LogP contribution in [0.3, 0.4) is 0 Å². The lowest BCUT2D eigenvalue weighted by Crippen LogP contribution is -2.28. The van der Waals surface area contributed by atoms with Crippen molar-refractivity contribution in [1.29, 1.82) is 0 Å². The number of hydrogen-bond donors (Lipinski definition) is 2. The fraction of sp³-hybridized carbons (Fsp3) is 0.769. The van der Waals surface area contributed by atoms with Gasteiger partial charge in [-0.3, -0.25) is 0 Å². The molecule has 0 fully saturated rings. The summed E-state index contributed by atoms with van der Waals surface area (Å²) in [5.41, 5.74) is 1.54. The number of nitrogens with zero attached hydrogens (tertiary/aromatic N) is 1. The number of aryl methyl sites for hydroxylation is 2. The summed E-state index contributed by atoms with van der Waals surface area (Å²) in [6, 6.07) is 0.435. The van der Waals surface area contributed by atoms with E-state index in [2.05, 4.69) is 29.0 Å². The molecule has 20 heavy (non-hydrogen) atoms. The molecule has 0 saturated heterocycles. The van der Waals surface area contributed by atoms with Gasteiger partial charge in [0.15, 0.2) is 0 Å². The van der Waals surface area contributed by atoms with Crippen molar-refractivity contribution in [2.75, 3.05) is 12.3 Å². The molecule has 0 spiro atoms. The second-order valence-electron chi connectivity index (χ2n) is 5.26. The minimum absolute atomic E-state index is 0.149. The predicted molar refractivity (Wildman–Crippen MR) is 79.0 cm³/mol. The van der Waals surface area contributed by atoms with E-state index in [1.807, 2.05) is 0 Å². The Bertz CT molecular complexity index is 489. The van der Waals surface area contributed by atoms with Gasteiger partial charge in [0.2, 0.25) is 10.0 Å². The lowest BCUT2D eigenvalue weighted by atomic mass is 10.2. The molecule has 0 saturated carbocycles. The molecule has 7 heteroatoms. The van der Waals surface area contributed by atoms with Crippen LogP contribution in [0.2, 0.25) is 0 Å². The van der Waals surface area contributed by atoms with Gasteiger partial charge < -0.3 is 9.84 Å². The molecule has 0 aliphatic rings. The fourth-order valence-electron chi connectivity index (χ4n) is 1.82. The highest BCUT2D eigenvalue weighted by Crippen LogP contribution is 2.12. The summed E-state index contributed by atoms with van der Waals surface area (Å²) in [5, 5.41) is 7.07. The van der Waals surface area contributed by atoms with Gasteiger partial charge in [-0.2, -0.15) is 0 Å². The van der Waals surface area contributed by atoms with E-state index in [1.165, 1.54) is 0 Å². The van der Waals surface area contributed by atoms with E-state index < -0.39 is 10.0 Å². The van der Waals surface area contributed by atoms with Gasteiger partial charge in [-0.15, -0.1) is 0 Å². The summed E-state index contributed by atoms with van der Waals surface area (Å²) in [6.07, 6.45) is 1.50. The molecule has 0 amide bonds. The number of unbranched alkanes of at least 4 members (excludes halogenated alkanes) is 1. The molecule has 0 aliphatic carbocycles. The van der Waals surface area contributed by atoms with E-state index in [1.54, 1.807) is 13.8 Å². The first-order valence-corrected chi connectivity index (χ1v) is 8.59. The SMILES string of the molecule is Cc1noc(C)c1CNS(=O)(=O)CCCCNC(C)C. The van der Waals surface area contributed by atoms with Crippen LogP contribution in [0.1, 0.15) is 43.7 Å². The summed E-state index contributed by atoms with van der Waals surface area (Å²) < 4.78 is 31.3. The maximum absolute atomic E-state index is 11.9. The van der Waals surface area contributed by atoms with Crippen molar-refractivity contribution >= 4 is 10.0 Å². The van der Waals surface area contributed by atoms with Crippen molar-refractivity contribution in [3.63, 3.8) is 0 Å². The van der Waals surface area contributed by atoms with Gasteiger partial charge in [-0.1, -0.05) is 19.0 Å². The molecular weight excluding hydrogens is 278 g/mol. The second kappa shape index (κ2) is 7.75. The van der Waals surface area contributed by atoms with E-state index in [4.69, 9.17) is 4.52 Å². The molecule has 116 valence electrons. The summed E-state index contributed by atoms with van der Waals surface area (Å²) in [7, 11) is -3.24. The molecule has 0 atom stereocenters. The van der Waals surface area contributed by atoms with E-state index in [9.17, 15) is 8.42 Å². The lowest BCUT2D eigenvalue weighted by Gasteiger charge is -2.08. The number of rotatable bonds is 9. The normalized spacial score (nSPS) is 12.2. The van der Waals surface area contributed by atoms with E-state index in [-0.39, 0.29) is 12.3 Å². The fourth-order valence-corrected chi connectivity index (χ4v) is 2.91. The quantitative estimate of drug-likeness (QED) is 0.675. The number of hydrogen-bond acceptors (Lipinski definition) is 5. The zero-order valence-electron chi connectivity index (χ0n) is 12.7. The third-order valence-corrected chi connectivity index (χ3v) is 4.45. The van der Waals surface area contributed by atoms with Gasteiger partial charge in [0.25, 0.3) is 0 Å². The summed E-state index contributed by atoms with van der Waals surface area (Å²) in [4.78, 5) is 0. The van der Waals surface area contributed by atoms with Crippen LogP contribution in [0.4, 0.5) is 0 Å². The standard InChI is InChI=1S/C13H25N3O3S/c1-10(2)14-7-5-6-8-20(17,18)15-9-13-11(3)16-19-12(13)4/h10,14-15H,5-9H2,1-4H3. The van der Waals surface area contributed by atoms with Crippen molar-refractivity contribution in [2.45, 2.75) is 53.1 Å². The summed E-state index contributed by atoms with van der Waals surface area (Å²) in [6.45, 7) is 8.81. The Hall–Kier alpha value is -0.920. The molecule has 0 aromatic carbocycles. The van der Waals surface area contributed by atoms with Crippen LogP contribution in [0.15, 0.2) is 4.52 Å². The molecule has 1 rings (SSSR count). The lowest BCUT2D eigenvalue weighted by molar-refractivity contribution is 0.392. The Labute approximate surface area is 121 Å². The third-order valence-electron chi connectivity index (χ3n) is 3.04. The van der Waals surface area contributed by atoms with Crippen molar-refractivity contribution in [3.8, 4) is 0 Å². The first-order valence-electron chi connectivity index (χ1n) is 6.94. The van der Waals surface area contributed by atoms with Gasteiger partial charge in [0.05, 0.1) is 11.4 Å². The van der Waals surface area contributed by atoms with Gasteiger partial charge in [-0.05, 0) is 33.2 Å². The van der Waals surface area contributed by atoms with Gasteiger partial charge in [-0.25, -0.2) is 13.1 Å². The zero-order valence-corrected chi connectivity index (χ0v) is 13.5. The average Bonchev–Trinajstić information content (AvgIpc) is 2.66. The molecule has 0 bridgehead atoms. The van der Waals surface area contributed by atoms with Crippen molar-refractivity contribution < 1.29 is 12.9 Å². The minimum Gasteiger partial charge on any atom is -0.361 e. The average molecular weight is 303 g/mol. The molecule has 6 nitrogen and oxygen atoms in total. The number of nitrogens with one attached hydrogen (secondary N) is 2. The largest absolute Gasteiger partial charge is 0.361 e. The Morgan fingerprint density at radius 2 is 1.95 bits per heavy atom. The Kier molecular flexibility index (Phi) is 6.64. The molecule has 1 heterocycles. The van der Waals surface area contributed by atoms with Crippen LogP contribution in [0.5, 0.6) is 0 Å². The molecular formula is C13H25N3O3S. The Morgan fingerprint density at radius 3 is 2.50 bits per heavy atom. The van der Waals surface area contributed by atoms with E-state index in [0.717, 1.165) is 24.2 Å². The van der Waals surface area contributed by atoms with Crippen molar-refractivity contribution in [2.24, 2.45) is 0 Å². The second-order valence-corrected chi connectivity index (χ2v) is 7.19. The highest BCUT2D eigenvalue weighted by Gasteiger charge is 2.14.